The Bertz CT molecular complexity index is 1160. The van der Waals surface area contributed by atoms with Crippen LogP contribution in [0.4, 0.5) is 5.69 Å². The zero-order valence-corrected chi connectivity index (χ0v) is 16.2. The fourth-order valence-corrected chi connectivity index (χ4v) is 3.23. The van der Waals surface area contributed by atoms with Gasteiger partial charge < -0.3 is 9.88 Å². The van der Waals surface area contributed by atoms with Crippen LogP contribution in [-0.2, 0) is 0 Å². The smallest absolute Gasteiger partial charge is 0.261 e. The van der Waals surface area contributed by atoms with E-state index in [1.807, 2.05) is 66.3 Å². The summed E-state index contributed by atoms with van der Waals surface area (Å²) in [6.45, 7) is 3.33. The Morgan fingerprint density at radius 1 is 0.897 bits per heavy atom. The number of rotatable bonds is 5. The lowest BCUT2D eigenvalue weighted by Crippen LogP contribution is -2.16. The summed E-state index contributed by atoms with van der Waals surface area (Å²) in [5.74, 6) is 0.387. The van der Waals surface area contributed by atoms with Crippen molar-refractivity contribution in [1.29, 1.82) is 0 Å². The SMILES string of the molecule is CC(=O)c1ccc(NC(=O)c2c(C)nn(-c3ccccc3)c2-n2cccc2)cc1. The molecular formula is C23H20N4O2. The van der Waals surface area contributed by atoms with Crippen LogP contribution in [-0.4, -0.2) is 26.0 Å². The number of amides is 1. The molecule has 4 aromatic rings. The molecule has 1 N–H and O–H groups in total. The number of nitrogens with one attached hydrogen (secondary N) is 1. The van der Waals surface area contributed by atoms with Crippen LogP contribution in [0.5, 0.6) is 0 Å². The molecule has 0 aliphatic heterocycles. The van der Waals surface area contributed by atoms with Crippen LogP contribution in [0.3, 0.4) is 0 Å². The number of carbonyl (C=O) groups is 2. The van der Waals surface area contributed by atoms with E-state index < -0.39 is 0 Å². The van der Waals surface area contributed by atoms with E-state index in [9.17, 15) is 9.59 Å². The molecule has 6 heteroatoms. The summed E-state index contributed by atoms with van der Waals surface area (Å²) in [6, 6.07) is 20.3. The van der Waals surface area contributed by atoms with Crippen molar-refractivity contribution < 1.29 is 9.59 Å². The van der Waals surface area contributed by atoms with E-state index in [0.29, 0.717) is 28.3 Å². The summed E-state index contributed by atoms with van der Waals surface area (Å²) in [5.41, 5.74) is 3.19. The Hall–Kier alpha value is -3.93. The normalized spacial score (nSPS) is 10.7. The number of aromatic nitrogens is 3. The highest BCUT2D eigenvalue weighted by Crippen LogP contribution is 2.24. The second kappa shape index (κ2) is 7.59. The number of hydrogen-bond donors (Lipinski definition) is 1. The van der Waals surface area contributed by atoms with E-state index in [4.69, 9.17) is 0 Å². The highest BCUT2D eigenvalue weighted by Gasteiger charge is 2.23. The van der Waals surface area contributed by atoms with Gasteiger partial charge in [-0.05, 0) is 62.4 Å². The Morgan fingerprint density at radius 2 is 1.55 bits per heavy atom. The first-order chi connectivity index (χ1) is 14.0. The van der Waals surface area contributed by atoms with Crippen molar-refractivity contribution in [2.24, 2.45) is 0 Å². The molecule has 0 radical (unpaired) electrons. The van der Waals surface area contributed by atoms with Gasteiger partial charge in [-0.3, -0.25) is 9.59 Å². The van der Waals surface area contributed by atoms with Crippen LogP contribution in [0, 0.1) is 6.92 Å². The minimum absolute atomic E-state index is 0.0160. The highest BCUT2D eigenvalue weighted by molar-refractivity contribution is 6.07. The second-order valence-electron chi connectivity index (χ2n) is 6.71. The number of carbonyl (C=O) groups excluding carboxylic acids is 2. The number of para-hydroxylation sites is 1. The van der Waals surface area contributed by atoms with Gasteiger partial charge in [-0.15, -0.1) is 0 Å². The van der Waals surface area contributed by atoms with Gasteiger partial charge >= 0.3 is 0 Å². The molecule has 2 aromatic carbocycles. The van der Waals surface area contributed by atoms with Crippen LogP contribution in [0.1, 0.15) is 33.3 Å². The Balaban J connectivity index is 1.76. The Labute approximate surface area is 168 Å². The Morgan fingerprint density at radius 3 is 2.17 bits per heavy atom. The predicted molar refractivity (Wildman–Crippen MR) is 112 cm³/mol. The minimum Gasteiger partial charge on any atom is -0.322 e. The number of Topliss-reactive ketones (excluding diaryl/α,β-unsaturated/α-hetero) is 1. The summed E-state index contributed by atoms with van der Waals surface area (Å²) in [5, 5.41) is 7.54. The standard InChI is InChI=1S/C23H20N4O2/c1-16-21(22(29)24-19-12-10-18(11-13-19)17(2)28)23(26-14-6-7-15-26)27(25-16)20-8-4-3-5-9-20/h3-15H,1-2H3,(H,24,29). The first kappa shape index (κ1) is 18.4. The maximum atomic E-state index is 13.2. The number of benzene rings is 2. The van der Waals surface area contributed by atoms with Gasteiger partial charge in [0.2, 0.25) is 0 Å². The average Bonchev–Trinajstić information content (AvgIpc) is 3.36. The number of aryl methyl sites for hydroxylation is 1. The van der Waals surface area contributed by atoms with E-state index in [-0.39, 0.29) is 11.7 Å². The monoisotopic (exact) mass is 384 g/mol. The van der Waals surface area contributed by atoms with Crippen molar-refractivity contribution in [3.05, 3.63) is 95.9 Å². The van der Waals surface area contributed by atoms with Crippen LogP contribution >= 0.6 is 0 Å². The van der Waals surface area contributed by atoms with Gasteiger partial charge in [0.25, 0.3) is 5.91 Å². The Kier molecular flexibility index (Phi) is 4.83. The van der Waals surface area contributed by atoms with Crippen molar-refractivity contribution in [2.45, 2.75) is 13.8 Å². The molecule has 2 aromatic heterocycles. The summed E-state index contributed by atoms with van der Waals surface area (Å²) in [6.07, 6.45) is 3.77. The lowest BCUT2D eigenvalue weighted by molar-refractivity contribution is 0.101. The van der Waals surface area contributed by atoms with Crippen molar-refractivity contribution in [2.75, 3.05) is 5.32 Å². The molecule has 0 spiro atoms. The van der Waals surface area contributed by atoms with Crippen molar-refractivity contribution in [3.8, 4) is 11.5 Å². The predicted octanol–water partition coefficient (Wildman–Crippen LogP) is 4.43. The van der Waals surface area contributed by atoms with Crippen LogP contribution in [0.2, 0.25) is 0 Å². The van der Waals surface area contributed by atoms with E-state index in [1.165, 1.54) is 6.92 Å². The molecule has 0 saturated heterocycles. The molecule has 0 atom stereocenters. The maximum Gasteiger partial charge on any atom is 0.261 e. The molecule has 0 fully saturated rings. The largest absolute Gasteiger partial charge is 0.322 e. The summed E-state index contributed by atoms with van der Waals surface area (Å²) < 4.78 is 3.64. The minimum atomic E-state index is -0.260. The van der Waals surface area contributed by atoms with Crippen molar-refractivity contribution in [1.82, 2.24) is 14.3 Å². The fourth-order valence-electron chi connectivity index (χ4n) is 3.23. The van der Waals surface area contributed by atoms with Crippen molar-refractivity contribution >= 4 is 17.4 Å². The highest BCUT2D eigenvalue weighted by atomic mass is 16.1. The topological polar surface area (TPSA) is 68.9 Å². The van der Waals surface area contributed by atoms with Gasteiger partial charge in [-0.1, -0.05) is 18.2 Å². The summed E-state index contributed by atoms with van der Waals surface area (Å²) in [4.78, 5) is 24.6. The molecule has 6 nitrogen and oxygen atoms in total. The fraction of sp³-hybridized carbons (Fsp3) is 0.0870. The number of nitrogens with zero attached hydrogens (tertiary/aromatic N) is 3. The van der Waals surface area contributed by atoms with Gasteiger partial charge in [-0.2, -0.15) is 5.10 Å². The lowest BCUT2D eigenvalue weighted by atomic mass is 10.1. The van der Waals surface area contributed by atoms with Crippen LogP contribution in [0.25, 0.3) is 11.5 Å². The molecule has 0 bridgehead atoms. The molecule has 2 heterocycles. The molecule has 29 heavy (non-hydrogen) atoms. The number of hydrogen-bond acceptors (Lipinski definition) is 3. The third kappa shape index (κ3) is 3.60. The lowest BCUT2D eigenvalue weighted by Gasteiger charge is -2.11. The second-order valence-corrected chi connectivity index (χ2v) is 6.71. The van der Waals surface area contributed by atoms with Crippen LogP contribution in [0.15, 0.2) is 79.1 Å². The first-order valence-electron chi connectivity index (χ1n) is 9.25. The van der Waals surface area contributed by atoms with E-state index in [1.54, 1.807) is 28.9 Å². The third-order valence-corrected chi connectivity index (χ3v) is 4.66. The summed E-state index contributed by atoms with van der Waals surface area (Å²) >= 11 is 0. The molecular weight excluding hydrogens is 364 g/mol. The molecule has 144 valence electrons. The van der Waals surface area contributed by atoms with Gasteiger partial charge in [0.15, 0.2) is 11.6 Å². The van der Waals surface area contributed by atoms with Crippen LogP contribution < -0.4 is 5.32 Å². The van der Waals surface area contributed by atoms with E-state index in [0.717, 1.165) is 5.69 Å². The van der Waals surface area contributed by atoms with E-state index >= 15 is 0 Å². The number of anilines is 1. The zero-order chi connectivity index (χ0) is 20.4. The molecule has 4 rings (SSSR count). The van der Waals surface area contributed by atoms with E-state index in [2.05, 4.69) is 10.4 Å². The van der Waals surface area contributed by atoms with Gasteiger partial charge in [0.05, 0.1) is 11.4 Å². The molecule has 0 aliphatic rings. The number of ketones is 1. The molecule has 0 unspecified atom stereocenters. The maximum absolute atomic E-state index is 13.2. The first-order valence-corrected chi connectivity index (χ1v) is 9.25. The average molecular weight is 384 g/mol. The van der Waals surface area contributed by atoms with Gasteiger partial charge in [-0.25, -0.2) is 4.68 Å². The quantitative estimate of drug-likeness (QED) is 0.518. The third-order valence-electron chi connectivity index (χ3n) is 4.66. The van der Waals surface area contributed by atoms with Gasteiger partial charge in [0.1, 0.15) is 5.56 Å². The molecule has 0 saturated carbocycles. The van der Waals surface area contributed by atoms with Gasteiger partial charge in [0, 0.05) is 23.6 Å². The summed E-state index contributed by atoms with van der Waals surface area (Å²) in [7, 11) is 0. The zero-order valence-electron chi connectivity index (χ0n) is 16.2. The molecule has 1 amide bonds. The molecule has 0 aliphatic carbocycles. The van der Waals surface area contributed by atoms with Crippen molar-refractivity contribution in [3.63, 3.8) is 0 Å².